The Kier molecular flexibility index (Phi) is 3.50. The molecule has 0 fully saturated rings. The van der Waals surface area contributed by atoms with Crippen LogP contribution >= 0.6 is 11.6 Å². The summed E-state index contributed by atoms with van der Waals surface area (Å²) in [7, 11) is 1.87. The maximum Gasteiger partial charge on any atom is 0.268 e. The Morgan fingerprint density at radius 2 is 2.17 bits per heavy atom. The summed E-state index contributed by atoms with van der Waals surface area (Å²) in [5, 5.41) is 4.48. The minimum Gasteiger partial charge on any atom is -0.347 e. The molecule has 0 bridgehead atoms. The van der Waals surface area contributed by atoms with Crippen molar-refractivity contribution in [3.05, 3.63) is 65.1 Å². The maximum absolute atomic E-state index is 12.5. The molecular formula is C18H15ClN4O. The van der Waals surface area contributed by atoms with Gasteiger partial charge in [0.1, 0.15) is 5.69 Å². The number of nitrogens with one attached hydrogen (secondary N) is 2. The Morgan fingerprint density at radius 1 is 1.29 bits per heavy atom. The van der Waals surface area contributed by atoms with E-state index in [1.165, 1.54) is 0 Å². The number of H-pyrrole nitrogens is 1. The number of fused-ring (bicyclic) bond motifs is 2. The summed E-state index contributed by atoms with van der Waals surface area (Å²) >= 11 is 6.21. The van der Waals surface area contributed by atoms with Crippen LogP contribution in [-0.2, 0) is 13.6 Å². The molecule has 4 aromatic rings. The molecule has 0 aliphatic carbocycles. The number of rotatable bonds is 3. The SMILES string of the molecule is Cn1c(C(=O)NCc2ccc3nc[nH]c3c2)cc2c(Cl)cccc21. The minimum absolute atomic E-state index is 0.130. The van der Waals surface area contributed by atoms with Gasteiger partial charge in [-0.15, -0.1) is 0 Å². The Hall–Kier alpha value is -2.79. The van der Waals surface area contributed by atoms with E-state index in [-0.39, 0.29) is 5.91 Å². The summed E-state index contributed by atoms with van der Waals surface area (Å²) in [4.78, 5) is 19.8. The first-order chi connectivity index (χ1) is 11.6. The lowest BCUT2D eigenvalue weighted by atomic mass is 10.2. The van der Waals surface area contributed by atoms with Gasteiger partial charge in [-0.05, 0) is 35.9 Å². The zero-order chi connectivity index (χ0) is 16.7. The molecule has 0 aliphatic heterocycles. The Morgan fingerprint density at radius 3 is 3.00 bits per heavy atom. The molecule has 0 unspecified atom stereocenters. The number of nitrogens with zero attached hydrogens (tertiary/aromatic N) is 2. The number of carbonyl (C=O) groups excluding carboxylic acids is 1. The van der Waals surface area contributed by atoms with Crippen molar-refractivity contribution < 1.29 is 4.79 Å². The smallest absolute Gasteiger partial charge is 0.268 e. The Labute approximate surface area is 143 Å². The maximum atomic E-state index is 12.5. The number of aromatic amines is 1. The predicted molar refractivity (Wildman–Crippen MR) is 95.2 cm³/mol. The highest BCUT2D eigenvalue weighted by atomic mass is 35.5. The third-order valence-electron chi connectivity index (χ3n) is 4.20. The lowest BCUT2D eigenvalue weighted by Gasteiger charge is -2.07. The van der Waals surface area contributed by atoms with Gasteiger partial charge < -0.3 is 14.9 Å². The molecule has 0 saturated heterocycles. The quantitative estimate of drug-likeness (QED) is 0.599. The largest absolute Gasteiger partial charge is 0.347 e. The molecule has 24 heavy (non-hydrogen) atoms. The van der Waals surface area contributed by atoms with Gasteiger partial charge in [-0.1, -0.05) is 23.7 Å². The number of halogens is 1. The molecule has 5 nitrogen and oxygen atoms in total. The van der Waals surface area contributed by atoms with Crippen LogP contribution in [0.3, 0.4) is 0 Å². The molecule has 0 spiro atoms. The molecule has 4 rings (SSSR count). The van der Waals surface area contributed by atoms with Crippen LogP contribution in [-0.4, -0.2) is 20.4 Å². The van der Waals surface area contributed by atoms with E-state index in [9.17, 15) is 4.79 Å². The molecule has 2 aromatic carbocycles. The zero-order valence-corrected chi connectivity index (χ0v) is 13.8. The first-order valence-electron chi connectivity index (χ1n) is 7.57. The summed E-state index contributed by atoms with van der Waals surface area (Å²) in [6, 6.07) is 13.4. The number of amides is 1. The third-order valence-corrected chi connectivity index (χ3v) is 4.53. The van der Waals surface area contributed by atoms with Gasteiger partial charge in [0, 0.05) is 29.5 Å². The molecule has 2 heterocycles. The third kappa shape index (κ3) is 2.43. The summed E-state index contributed by atoms with van der Waals surface area (Å²) in [6.07, 6.45) is 1.66. The van der Waals surface area contributed by atoms with Crippen LogP contribution in [0.25, 0.3) is 21.9 Å². The number of benzene rings is 2. The van der Waals surface area contributed by atoms with Crippen LogP contribution in [0.15, 0.2) is 48.8 Å². The van der Waals surface area contributed by atoms with Crippen LogP contribution in [0.5, 0.6) is 0 Å². The number of carbonyl (C=O) groups is 1. The zero-order valence-electron chi connectivity index (χ0n) is 13.0. The fourth-order valence-electron chi connectivity index (χ4n) is 2.91. The highest BCUT2D eigenvalue weighted by Crippen LogP contribution is 2.26. The van der Waals surface area contributed by atoms with Gasteiger partial charge in [0.25, 0.3) is 5.91 Å². The van der Waals surface area contributed by atoms with Gasteiger partial charge in [-0.25, -0.2) is 4.98 Å². The number of aromatic nitrogens is 3. The van der Waals surface area contributed by atoms with E-state index in [0.717, 1.165) is 27.5 Å². The molecule has 6 heteroatoms. The number of hydrogen-bond acceptors (Lipinski definition) is 2. The topological polar surface area (TPSA) is 62.7 Å². The fraction of sp³-hybridized carbons (Fsp3) is 0.111. The van der Waals surface area contributed by atoms with Crippen LogP contribution in [0.1, 0.15) is 16.1 Å². The summed E-state index contributed by atoms with van der Waals surface area (Å²) in [6.45, 7) is 0.447. The minimum atomic E-state index is -0.130. The molecular weight excluding hydrogens is 324 g/mol. The molecule has 0 saturated carbocycles. The molecule has 0 atom stereocenters. The second-order valence-corrected chi connectivity index (χ2v) is 6.11. The van der Waals surface area contributed by atoms with Crippen molar-refractivity contribution in [3.63, 3.8) is 0 Å². The van der Waals surface area contributed by atoms with Gasteiger partial charge in [-0.2, -0.15) is 0 Å². The number of imidazole rings is 1. The van der Waals surface area contributed by atoms with Crippen molar-refractivity contribution in [3.8, 4) is 0 Å². The average molecular weight is 339 g/mol. The van der Waals surface area contributed by atoms with Crippen molar-refractivity contribution in [2.75, 3.05) is 0 Å². The molecule has 0 aliphatic rings. The molecule has 2 N–H and O–H groups in total. The number of aryl methyl sites for hydroxylation is 1. The first-order valence-corrected chi connectivity index (χ1v) is 7.95. The first kappa shape index (κ1) is 14.8. The average Bonchev–Trinajstić information content (AvgIpc) is 3.18. The van der Waals surface area contributed by atoms with E-state index in [4.69, 9.17) is 11.6 Å². The number of hydrogen-bond donors (Lipinski definition) is 2. The Balaban J connectivity index is 1.57. The van der Waals surface area contributed by atoms with E-state index in [2.05, 4.69) is 15.3 Å². The van der Waals surface area contributed by atoms with E-state index in [1.54, 1.807) is 6.33 Å². The van der Waals surface area contributed by atoms with Crippen LogP contribution in [0.4, 0.5) is 0 Å². The van der Waals surface area contributed by atoms with Crippen LogP contribution < -0.4 is 5.32 Å². The lowest BCUT2D eigenvalue weighted by Crippen LogP contribution is -2.24. The van der Waals surface area contributed by atoms with Crippen molar-refractivity contribution in [1.82, 2.24) is 19.9 Å². The van der Waals surface area contributed by atoms with E-state index >= 15 is 0 Å². The van der Waals surface area contributed by atoms with Gasteiger partial charge in [0.05, 0.1) is 17.4 Å². The van der Waals surface area contributed by atoms with Gasteiger partial charge in [-0.3, -0.25) is 4.79 Å². The molecule has 1 amide bonds. The fourth-order valence-corrected chi connectivity index (χ4v) is 3.13. The van der Waals surface area contributed by atoms with Gasteiger partial charge in [0.2, 0.25) is 0 Å². The highest BCUT2D eigenvalue weighted by molar-refractivity contribution is 6.35. The summed E-state index contributed by atoms with van der Waals surface area (Å²) in [5.74, 6) is -0.130. The lowest BCUT2D eigenvalue weighted by molar-refractivity contribution is 0.0943. The normalized spacial score (nSPS) is 11.2. The predicted octanol–water partition coefficient (Wildman–Crippen LogP) is 3.64. The van der Waals surface area contributed by atoms with Crippen LogP contribution in [0.2, 0.25) is 5.02 Å². The summed E-state index contributed by atoms with van der Waals surface area (Å²) < 4.78 is 1.86. The second-order valence-electron chi connectivity index (χ2n) is 5.70. The standard InChI is InChI=1S/C18H15ClN4O/c1-23-16-4-2-3-13(19)12(16)8-17(23)18(24)20-9-11-5-6-14-15(7-11)22-10-21-14/h2-8,10H,9H2,1H3,(H,20,24)(H,21,22). The van der Waals surface area contributed by atoms with Crippen molar-refractivity contribution in [2.24, 2.45) is 7.05 Å². The van der Waals surface area contributed by atoms with Crippen molar-refractivity contribution in [1.29, 1.82) is 0 Å². The van der Waals surface area contributed by atoms with Gasteiger partial charge in [0.15, 0.2) is 0 Å². The van der Waals surface area contributed by atoms with E-state index < -0.39 is 0 Å². The molecule has 0 radical (unpaired) electrons. The summed E-state index contributed by atoms with van der Waals surface area (Å²) in [5.41, 5.74) is 4.40. The second kappa shape index (κ2) is 5.69. The van der Waals surface area contributed by atoms with Crippen LogP contribution in [0, 0.1) is 0 Å². The van der Waals surface area contributed by atoms with Gasteiger partial charge >= 0.3 is 0 Å². The molecule has 2 aromatic heterocycles. The van der Waals surface area contributed by atoms with E-state index in [1.807, 2.05) is 54.1 Å². The monoisotopic (exact) mass is 338 g/mol. The Bertz CT molecular complexity index is 1060. The molecule has 120 valence electrons. The van der Waals surface area contributed by atoms with Crippen molar-refractivity contribution >= 4 is 39.4 Å². The highest BCUT2D eigenvalue weighted by Gasteiger charge is 2.14. The van der Waals surface area contributed by atoms with Crippen molar-refractivity contribution in [2.45, 2.75) is 6.54 Å². The van der Waals surface area contributed by atoms with E-state index in [0.29, 0.717) is 17.3 Å².